The van der Waals surface area contributed by atoms with Gasteiger partial charge in [0.25, 0.3) is 0 Å². The van der Waals surface area contributed by atoms with Crippen LogP contribution in [0.2, 0.25) is 0 Å². The van der Waals surface area contributed by atoms with E-state index < -0.39 is 0 Å². The fraction of sp³-hybridized carbons (Fsp3) is 0.600. The van der Waals surface area contributed by atoms with Crippen LogP contribution in [0.1, 0.15) is 12.0 Å². The van der Waals surface area contributed by atoms with Gasteiger partial charge in [0.05, 0.1) is 20.3 Å². The lowest BCUT2D eigenvalue weighted by Crippen LogP contribution is -2.17. The van der Waals surface area contributed by atoms with Crippen LogP contribution >= 0.6 is 0 Å². The van der Waals surface area contributed by atoms with Gasteiger partial charge in [0, 0.05) is 20.3 Å². The number of rotatable bonds is 10. The molecule has 0 aliphatic carbocycles. The summed E-state index contributed by atoms with van der Waals surface area (Å²) < 4.78 is 26.4. The molecule has 0 saturated carbocycles. The Morgan fingerprint density at radius 2 is 2.05 bits per heavy atom. The minimum atomic E-state index is 0.251. The molecule has 6 nitrogen and oxygen atoms in total. The number of methoxy groups -OCH3 is 2. The van der Waals surface area contributed by atoms with E-state index in [4.69, 9.17) is 23.7 Å². The van der Waals surface area contributed by atoms with Crippen molar-refractivity contribution in [3.05, 3.63) is 17.7 Å². The molecule has 0 radical (unpaired) electrons. The Morgan fingerprint density at radius 1 is 1.14 bits per heavy atom. The van der Waals surface area contributed by atoms with Crippen LogP contribution in [0.3, 0.4) is 0 Å². The van der Waals surface area contributed by atoms with Crippen molar-refractivity contribution in [2.45, 2.75) is 13.0 Å². The van der Waals surface area contributed by atoms with Crippen LogP contribution in [0.5, 0.6) is 17.2 Å². The Hall–Kier alpha value is -1.50. The van der Waals surface area contributed by atoms with Gasteiger partial charge in [0.1, 0.15) is 0 Å². The molecule has 6 heteroatoms. The van der Waals surface area contributed by atoms with E-state index in [1.54, 1.807) is 14.2 Å². The summed E-state index contributed by atoms with van der Waals surface area (Å²) in [5, 5.41) is 3.37. The molecule has 1 heterocycles. The molecule has 1 N–H and O–H groups in total. The predicted octanol–water partition coefficient (Wildman–Crippen LogP) is 1.57. The largest absolute Gasteiger partial charge is 0.493 e. The highest BCUT2D eigenvalue weighted by atomic mass is 16.7. The van der Waals surface area contributed by atoms with Gasteiger partial charge in [-0.2, -0.15) is 0 Å². The molecule has 1 aromatic rings. The van der Waals surface area contributed by atoms with Crippen LogP contribution in [0.25, 0.3) is 0 Å². The number of fused-ring (bicyclic) bond motifs is 1. The van der Waals surface area contributed by atoms with Crippen LogP contribution in [-0.2, 0) is 16.0 Å². The summed E-state index contributed by atoms with van der Waals surface area (Å²) in [7, 11) is 3.30. The topological polar surface area (TPSA) is 58.2 Å². The lowest BCUT2D eigenvalue weighted by Gasteiger charge is -2.09. The van der Waals surface area contributed by atoms with E-state index in [0.29, 0.717) is 24.7 Å². The summed E-state index contributed by atoms with van der Waals surface area (Å²) in [5.41, 5.74) is 1.11. The van der Waals surface area contributed by atoms with E-state index in [1.165, 1.54) is 0 Å². The monoisotopic (exact) mass is 297 g/mol. The number of ether oxygens (including phenoxy) is 5. The smallest absolute Gasteiger partial charge is 0.231 e. The van der Waals surface area contributed by atoms with Gasteiger partial charge in [-0.25, -0.2) is 0 Å². The highest BCUT2D eigenvalue weighted by Gasteiger charge is 2.19. The second kappa shape index (κ2) is 8.71. The first-order valence-electron chi connectivity index (χ1n) is 7.09. The highest BCUT2D eigenvalue weighted by molar-refractivity contribution is 5.55. The predicted molar refractivity (Wildman–Crippen MR) is 78.1 cm³/mol. The Bertz CT molecular complexity index is 438. The van der Waals surface area contributed by atoms with Crippen molar-refractivity contribution >= 4 is 0 Å². The first-order valence-corrected chi connectivity index (χ1v) is 7.09. The summed E-state index contributed by atoms with van der Waals surface area (Å²) in [4.78, 5) is 0. The molecule has 0 aromatic heterocycles. The lowest BCUT2D eigenvalue weighted by atomic mass is 10.2. The standard InChI is InChI=1S/C15H23NO5/c1-17-6-7-19-5-3-4-16-10-12-8-13(18-2)15-14(9-12)20-11-21-15/h8-9,16H,3-7,10-11H2,1-2H3. The molecular formula is C15H23NO5. The Labute approximate surface area is 125 Å². The van der Waals surface area contributed by atoms with Gasteiger partial charge in [0.2, 0.25) is 12.5 Å². The first kappa shape index (κ1) is 15.9. The van der Waals surface area contributed by atoms with Gasteiger partial charge in [-0.15, -0.1) is 0 Å². The normalized spacial score (nSPS) is 12.7. The molecule has 118 valence electrons. The third-order valence-corrected chi connectivity index (χ3v) is 3.12. The van der Waals surface area contributed by atoms with Gasteiger partial charge < -0.3 is 29.0 Å². The van der Waals surface area contributed by atoms with Crippen molar-refractivity contribution in [2.75, 3.05) is 47.4 Å². The van der Waals surface area contributed by atoms with Crippen molar-refractivity contribution in [1.82, 2.24) is 5.32 Å². The van der Waals surface area contributed by atoms with Gasteiger partial charge in [-0.3, -0.25) is 0 Å². The molecule has 1 aliphatic heterocycles. The minimum absolute atomic E-state index is 0.251. The Balaban J connectivity index is 1.69. The zero-order chi connectivity index (χ0) is 14.9. The maximum absolute atomic E-state index is 5.40. The molecule has 0 unspecified atom stereocenters. The van der Waals surface area contributed by atoms with Crippen molar-refractivity contribution in [2.24, 2.45) is 0 Å². The van der Waals surface area contributed by atoms with Gasteiger partial charge in [-0.05, 0) is 30.7 Å². The average Bonchev–Trinajstić information content (AvgIpc) is 2.97. The average molecular weight is 297 g/mol. The molecule has 0 spiro atoms. The van der Waals surface area contributed by atoms with Crippen LogP contribution in [0.15, 0.2) is 12.1 Å². The molecule has 0 amide bonds. The third-order valence-electron chi connectivity index (χ3n) is 3.12. The number of benzene rings is 1. The Kier molecular flexibility index (Phi) is 6.59. The van der Waals surface area contributed by atoms with E-state index in [9.17, 15) is 0 Å². The molecule has 1 aromatic carbocycles. The number of hydrogen-bond donors (Lipinski definition) is 1. The van der Waals surface area contributed by atoms with Crippen LogP contribution in [0.4, 0.5) is 0 Å². The van der Waals surface area contributed by atoms with E-state index in [0.717, 1.165) is 37.4 Å². The van der Waals surface area contributed by atoms with Crippen LogP contribution in [0, 0.1) is 0 Å². The maximum atomic E-state index is 5.40. The summed E-state index contributed by atoms with van der Waals surface area (Å²) >= 11 is 0. The van der Waals surface area contributed by atoms with Crippen LogP contribution in [-0.4, -0.2) is 47.4 Å². The van der Waals surface area contributed by atoms with E-state index in [-0.39, 0.29) is 6.79 Å². The molecular weight excluding hydrogens is 274 g/mol. The molecule has 2 rings (SSSR count). The molecule has 0 saturated heterocycles. The summed E-state index contributed by atoms with van der Waals surface area (Å²) in [6, 6.07) is 3.95. The third kappa shape index (κ3) is 4.77. The van der Waals surface area contributed by atoms with Crippen molar-refractivity contribution in [3.8, 4) is 17.2 Å². The summed E-state index contributed by atoms with van der Waals surface area (Å²) in [6.07, 6.45) is 0.964. The zero-order valence-corrected chi connectivity index (χ0v) is 12.6. The number of hydrogen-bond acceptors (Lipinski definition) is 6. The van der Waals surface area contributed by atoms with Gasteiger partial charge in [0.15, 0.2) is 11.5 Å². The van der Waals surface area contributed by atoms with E-state index in [2.05, 4.69) is 5.32 Å². The van der Waals surface area contributed by atoms with Crippen molar-refractivity contribution in [1.29, 1.82) is 0 Å². The second-order valence-electron chi connectivity index (χ2n) is 4.67. The Morgan fingerprint density at radius 3 is 2.86 bits per heavy atom. The minimum Gasteiger partial charge on any atom is -0.493 e. The van der Waals surface area contributed by atoms with Gasteiger partial charge in [-0.1, -0.05) is 0 Å². The SMILES string of the molecule is COCCOCCCNCc1cc(OC)c2c(c1)OCO2. The molecule has 0 fully saturated rings. The second-order valence-corrected chi connectivity index (χ2v) is 4.67. The fourth-order valence-corrected chi connectivity index (χ4v) is 2.06. The van der Waals surface area contributed by atoms with Gasteiger partial charge >= 0.3 is 0 Å². The highest BCUT2D eigenvalue weighted by Crippen LogP contribution is 2.41. The van der Waals surface area contributed by atoms with Crippen molar-refractivity contribution in [3.63, 3.8) is 0 Å². The maximum Gasteiger partial charge on any atom is 0.231 e. The quantitative estimate of drug-likeness (QED) is 0.662. The summed E-state index contributed by atoms with van der Waals surface area (Å²) in [5.74, 6) is 2.14. The zero-order valence-electron chi connectivity index (χ0n) is 12.6. The number of nitrogens with one attached hydrogen (secondary N) is 1. The fourth-order valence-electron chi connectivity index (χ4n) is 2.06. The summed E-state index contributed by atoms with van der Waals surface area (Å²) in [6.45, 7) is 3.93. The molecule has 1 aliphatic rings. The van der Waals surface area contributed by atoms with Crippen molar-refractivity contribution < 1.29 is 23.7 Å². The lowest BCUT2D eigenvalue weighted by molar-refractivity contribution is 0.0695. The van der Waals surface area contributed by atoms with E-state index in [1.807, 2.05) is 12.1 Å². The molecule has 21 heavy (non-hydrogen) atoms. The van der Waals surface area contributed by atoms with Crippen LogP contribution < -0.4 is 19.5 Å². The first-order chi connectivity index (χ1) is 10.3. The van der Waals surface area contributed by atoms with E-state index >= 15 is 0 Å². The molecule has 0 bridgehead atoms. The molecule has 0 atom stereocenters.